The van der Waals surface area contributed by atoms with Crippen LogP contribution in [0.5, 0.6) is 0 Å². The number of thiazole rings is 1. The predicted molar refractivity (Wildman–Crippen MR) is 82.1 cm³/mol. The van der Waals surface area contributed by atoms with E-state index in [0.717, 1.165) is 5.69 Å². The van der Waals surface area contributed by atoms with Gasteiger partial charge in [-0.15, -0.1) is 23.1 Å². The van der Waals surface area contributed by atoms with Crippen LogP contribution in [0.4, 0.5) is 5.69 Å². The van der Waals surface area contributed by atoms with Crippen molar-refractivity contribution >= 4 is 34.7 Å². The highest BCUT2D eigenvalue weighted by atomic mass is 32.2. The third kappa shape index (κ3) is 4.36. The number of nitrogens with zero attached hydrogens (tertiary/aromatic N) is 1. The van der Waals surface area contributed by atoms with Gasteiger partial charge in [0.05, 0.1) is 5.51 Å². The van der Waals surface area contributed by atoms with Crippen LogP contribution in [0.1, 0.15) is 31.3 Å². The zero-order valence-electron chi connectivity index (χ0n) is 11.1. The van der Waals surface area contributed by atoms with E-state index in [4.69, 9.17) is 0 Å². The minimum absolute atomic E-state index is 0.169. The van der Waals surface area contributed by atoms with Crippen molar-refractivity contribution in [2.75, 3.05) is 5.32 Å². The minimum atomic E-state index is -0.169. The van der Waals surface area contributed by atoms with Crippen molar-refractivity contribution in [3.05, 3.63) is 40.8 Å². The second-order valence-electron chi connectivity index (χ2n) is 5.07. The number of hydrogen-bond donors (Lipinski definition) is 1. The third-order valence-corrected chi connectivity index (χ3v) is 3.91. The fourth-order valence-corrected chi connectivity index (χ4v) is 2.99. The van der Waals surface area contributed by atoms with Gasteiger partial charge in [0.15, 0.2) is 0 Å². The SMILES string of the molecule is CC(C)(C)Sc1ccc(NC(=O)c2cscn2)cc1. The van der Waals surface area contributed by atoms with Crippen LogP contribution >= 0.6 is 23.1 Å². The van der Waals surface area contributed by atoms with Gasteiger partial charge in [-0.1, -0.05) is 20.8 Å². The van der Waals surface area contributed by atoms with E-state index < -0.39 is 0 Å². The number of aromatic nitrogens is 1. The summed E-state index contributed by atoms with van der Waals surface area (Å²) in [5.41, 5.74) is 2.90. The number of anilines is 1. The molecule has 3 nitrogen and oxygen atoms in total. The standard InChI is InChI=1S/C14H16N2OS2/c1-14(2,3)19-11-6-4-10(5-7-11)16-13(17)12-8-18-9-15-12/h4-9H,1-3H3,(H,16,17). The first kappa shape index (κ1) is 14.1. The Bertz CT molecular complexity index is 542. The van der Waals surface area contributed by atoms with Gasteiger partial charge in [0.1, 0.15) is 5.69 Å². The second kappa shape index (κ2) is 5.75. The number of amides is 1. The topological polar surface area (TPSA) is 42.0 Å². The molecule has 0 aliphatic heterocycles. The first-order valence-electron chi connectivity index (χ1n) is 5.93. The van der Waals surface area contributed by atoms with Gasteiger partial charge in [-0.05, 0) is 24.3 Å². The number of carbonyl (C=O) groups is 1. The highest BCUT2D eigenvalue weighted by molar-refractivity contribution is 8.00. The summed E-state index contributed by atoms with van der Waals surface area (Å²) in [6, 6.07) is 7.87. The summed E-state index contributed by atoms with van der Waals surface area (Å²) in [5, 5.41) is 4.57. The Hall–Kier alpha value is -1.33. The molecule has 5 heteroatoms. The van der Waals surface area contributed by atoms with E-state index in [-0.39, 0.29) is 10.7 Å². The van der Waals surface area contributed by atoms with Crippen molar-refractivity contribution < 1.29 is 4.79 Å². The van der Waals surface area contributed by atoms with Crippen molar-refractivity contribution in [2.45, 2.75) is 30.4 Å². The van der Waals surface area contributed by atoms with E-state index in [0.29, 0.717) is 5.69 Å². The first-order chi connectivity index (χ1) is 8.94. The average molecular weight is 292 g/mol. The summed E-state index contributed by atoms with van der Waals surface area (Å²) in [5.74, 6) is -0.169. The van der Waals surface area contributed by atoms with Crippen LogP contribution in [0, 0.1) is 0 Å². The molecule has 100 valence electrons. The molecule has 0 aliphatic carbocycles. The summed E-state index contributed by atoms with van der Waals surface area (Å²) in [4.78, 5) is 17.0. The van der Waals surface area contributed by atoms with Crippen molar-refractivity contribution in [3.63, 3.8) is 0 Å². The highest BCUT2D eigenvalue weighted by Crippen LogP contribution is 2.32. The van der Waals surface area contributed by atoms with Crippen LogP contribution in [-0.2, 0) is 0 Å². The van der Waals surface area contributed by atoms with Gasteiger partial charge in [-0.25, -0.2) is 4.98 Å². The van der Waals surface area contributed by atoms with Crippen molar-refractivity contribution in [1.82, 2.24) is 4.98 Å². The molecule has 1 aromatic heterocycles. The Morgan fingerprint density at radius 2 is 1.95 bits per heavy atom. The molecule has 2 rings (SSSR count). The van der Waals surface area contributed by atoms with Crippen LogP contribution < -0.4 is 5.32 Å². The Balaban J connectivity index is 2.01. The maximum atomic E-state index is 11.8. The lowest BCUT2D eigenvalue weighted by atomic mass is 10.3. The zero-order valence-corrected chi connectivity index (χ0v) is 12.8. The van der Waals surface area contributed by atoms with Gasteiger partial charge < -0.3 is 5.32 Å². The Kier molecular flexibility index (Phi) is 4.27. The number of thioether (sulfide) groups is 1. The van der Waals surface area contributed by atoms with E-state index in [1.807, 2.05) is 24.3 Å². The molecule has 0 saturated carbocycles. The molecule has 0 radical (unpaired) electrons. The van der Waals surface area contributed by atoms with Gasteiger partial charge in [-0.3, -0.25) is 4.79 Å². The van der Waals surface area contributed by atoms with Crippen molar-refractivity contribution in [1.29, 1.82) is 0 Å². The third-order valence-electron chi connectivity index (χ3n) is 2.20. The molecule has 0 fully saturated rings. The molecule has 1 heterocycles. The van der Waals surface area contributed by atoms with Gasteiger partial charge in [0.25, 0.3) is 5.91 Å². The molecule has 0 aliphatic rings. The number of benzene rings is 1. The normalized spacial score (nSPS) is 11.3. The maximum Gasteiger partial charge on any atom is 0.275 e. The molecule has 0 spiro atoms. The molecule has 0 atom stereocenters. The van der Waals surface area contributed by atoms with Crippen LogP contribution in [0.15, 0.2) is 40.1 Å². The lowest BCUT2D eigenvalue weighted by Crippen LogP contribution is -2.12. The van der Waals surface area contributed by atoms with Crippen LogP contribution in [0.2, 0.25) is 0 Å². The zero-order chi connectivity index (χ0) is 13.9. The van der Waals surface area contributed by atoms with Crippen molar-refractivity contribution in [2.24, 2.45) is 0 Å². The van der Waals surface area contributed by atoms with E-state index in [2.05, 4.69) is 31.1 Å². The Morgan fingerprint density at radius 1 is 1.26 bits per heavy atom. The van der Waals surface area contributed by atoms with E-state index >= 15 is 0 Å². The molecule has 1 aromatic carbocycles. The lowest BCUT2D eigenvalue weighted by Gasteiger charge is -2.17. The molecule has 2 aromatic rings. The van der Waals surface area contributed by atoms with Gasteiger partial charge in [0, 0.05) is 20.7 Å². The second-order valence-corrected chi connectivity index (χ2v) is 7.69. The quantitative estimate of drug-likeness (QED) is 0.858. The predicted octanol–water partition coefficient (Wildman–Crippen LogP) is 4.29. The van der Waals surface area contributed by atoms with Crippen LogP contribution in [0.25, 0.3) is 0 Å². The van der Waals surface area contributed by atoms with E-state index in [1.54, 1.807) is 22.7 Å². The molecular formula is C14H16N2OS2. The van der Waals surface area contributed by atoms with Crippen LogP contribution in [0.3, 0.4) is 0 Å². The molecule has 0 bridgehead atoms. The Labute approximate surface area is 121 Å². The molecule has 1 amide bonds. The number of nitrogens with one attached hydrogen (secondary N) is 1. The van der Waals surface area contributed by atoms with Gasteiger partial charge >= 0.3 is 0 Å². The van der Waals surface area contributed by atoms with E-state index in [9.17, 15) is 4.79 Å². The van der Waals surface area contributed by atoms with Crippen LogP contribution in [-0.4, -0.2) is 15.6 Å². The molecule has 0 unspecified atom stereocenters. The minimum Gasteiger partial charge on any atom is -0.321 e. The maximum absolute atomic E-state index is 11.8. The monoisotopic (exact) mass is 292 g/mol. The summed E-state index contributed by atoms with van der Waals surface area (Å²) >= 11 is 3.21. The Morgan fingerprint density at radius 3 is 2.47 bits per heavy atom. The fourth-order valence-electron chi connectivity index (χ4n) is 1.48. The number of hydrogen-bond acceptors (Lipinski definition) is 4. The van der Waals surface area contributed by atoms with E-state index in [1.165, 1.54) is 16.2 Å². The summed E-state index contributed by atoms with van der Waals surface area (Å²) in [6.45, 7) is 6.53. The fraction of sp³-hybridized carbons (Fsp3) is 0.286. The average Bonchev–Trinajstić information content (AvgIpc) is 2.83. The smallest absolute Gasteiger partial charge is 0.275 e. The van der Waals surface area contributed by atoms with Gasteiger partial charge in [-0.2, -0.15) is 0 Å². The molecule has 0 saturated heterocycles. The lowest BCUT2D eigenvalue weighted by molar-refractivity contribution is 0.102. The summed E-state index contributed by atoms with van der Waals surface area (Å²) < 4.78 is 0.186. The summed E-state index contributed by atoms with van der Waals surface area (Å²) in [6.07, 6.45) is 0. The molecule has 1 N–H and O–H groups in total. The van der Waals surface area contributed by atoms with Crippen molar-refractivity contribution in [3.8, 4) is 0 Å². The number of carbonyl (C=O) groups excluding carboxylic acids is 1. The largest absolute Gasteiger partial charge is 0.321 e. The first-order valence-corrected chi connectivity index (χ1v) is 7.68. The highest BCUT2D eigenvalue weighted by Gasteiger charge is 2.12. The van der Waals surface area contributed by atoms with Gasteiger partial charge in [0.2, 0.25) is 0 Å². The summed E-state index contributed by atoms with van der Waals surface area (Å²) in [7, 11) is 0. The molecular weight excluding hydrogens is 276 g/mol. The number of rotatable bonds is 3. The molecule has 19 heavy (non-hydrogen) atoms.